The Labute approximate surface area is 128 Å². The van der Waals surface area contributed by atoms with E-state index in [4.69, 9.17) is 0 Å². The van der Waals surface area contributed by atoms with Crippen LogP contribution in [0.1, 0.15) is 11.1 Å². The Kier molecular flexibility index (Phi) is 3.03. The highest BCUT2D eigenvalue weighted by atomic mass is 14.6. The molecule has 2 heteroatoms. The van der Waals surface area contributed by atoms with Crippen LogP contribution in [0.5, 0.6) is 0 Å². The van der Waals surface area contributed by atoms with Gasteiger partial charge in [-0.25, -0.2) is 0 Å². The van der Waals surface area contributed by atoms with Gasteiger partial charge in [0, 0.05) is 34.3 Å². The number of hydrogen-bond donors (Lipinski definition) is 0. The third kappa shape index (κ3) is 2.19. The van der Waals surface area contributed by atoms with Crippen molar-refractivity contribution in [1.29, 1.82) is 0 Å². The molecule has 0 amide bonds. The van der Waals surface area contributed by atoms with E-state index in [9.17, 15) is 0 Å². The second-order valence-corrected chi connectivity index (χ2v) is 5.00. The van der Waals surface area contributed by atoms with Crippen molar-refractivity contribution in [1.82, 2.24) is 9.97 Å². The summed E-state index contributed by atoms with van der Waals surface area (Å²) in [4.78, 5) is 8.74. The standard InChI is InChI=1S/C20H12N2/c1-3-7-19-17(5-1)15(11-13-21-19)9-10-16-12-14-22-20-8-4-2-6-18(16)20/h1-8,11-14H. The van der Waals surface area contributed by atoms with Crippen molar-refractivity contribution in [3.05, 3.63) is 84.2 Å². The predicted octanol–water partition coefficient (Wildman–Crippen LogP) is 4.18. The number of fused-ring (bicyclic) bond motifs is 2. The molecule has 0 unspecified atom stereocenters. The van der Waals surface area contributed by atoms with Gasteiger partial charge in [0.25, 0.3) is 0 Å². The molecule has 2 heterocycles. The highest BCUT2D eigenvalue weighted by Gasteiger charge is 2.00. The van der Waals surface area contributed by atoms with Crippen LogP contribution in [-0.4, -0.2) is 9.97 Å². The van der Waals surface area contributed by atoms with Crippen LogP contribution in [0.3, 0.4) is 0 Å². The molecule has 0 aliphatic heterocycles. The van der Waals surface area contributed by atoms with Gasteiger partial charge in [0.15, 0.2) is 0 Å². The molecule has 0 radical (unpaired) electrons. The van der Waals surface area contributed by atoms with Crippen molar-refractivity contribution in [2.45, 2.75) is 0 Å². The van der Waals surface area contributed by atoms with Gasteiger partial charge in [0.2, 0.25) is 0 Å². The van der Waals surface area contributed by atoms with Crippen molar-refractivity contribution < 1.29 is 0 Å². The van der Waals surface area contributed by atoms with E-state index in [0.717, 1.165) is 32.9 Å². The van der Waals surface area contributed by atoms with Gasteiger partial charge in [-0.1, -0.05) is 48.2 Å². The van der Waals surface area contributed by atoms with Crippen LogP contribution in [0.4, 0.5) is 0 Å². The molecule has 4 aromatic rings. The SMILES string of the molecule is C(#Cc1ccnc2ccccc12)c1ccnc2ccccc12. The topological polar surface area (TPSA) is 25.8 Å². The number of hydrogen-bond acceptors (Lipinski definition) is 2. The summed E-state index contributed by atoms with van der Waals surface area (Å²) in [7, 11) is 0. The monoisotopic (exact) mass is 280 g/mol. The summed E-state index contributed by atoms with van der Waals surface area (Å²) >= 11 is 0. The van der Waals surface area contributed by atoms with Crippen molar-refractivity contribution in [3.8, 4) is 11.8 Å². The van der Waals surface area contributed by atoms with E-state index in [0.29, 0.717) is 0 Å². The number of pyridine rings is 2. The van der Waals surface area contributed by atoms with Crippen molar-refractivity contribution >= 4 is 21.8 Å². The lowest BCUT2D eigenvalue weighted by molar-refractivity contribution is 1.40. The number of rotatable bonds is 0. The molecule has 0 bridgehead atoms. The molecule has 0 fully saturated rings. The minimum Gasteiger partial charge on any atom is -0.256 e. The fraction of sp³-hybridized carbons (Fsp3) is 0. The first-order valence-electron chi connectivity index (χ1n) is 7.11. The smallest absolute Gasteiger partial charge is 0.0714 e. The van der Waals surface area contributed by atoms with Gasteiger partial charge in [-0.3, -0.25) is 9.97 Å². The van der Waals surface area contributed by atoms with Gasteiger partial charge in [0.05, 0.1) is 11.0 Å². The number of para-hydroxylation sites is 2. The summed E-state index contributed by atoms with van der Waals surface area (Å²) in [5, 5.41) is 2.16. The molecular weight excluding hydrogens is 268 g/mol. The van der Waals surface area contributed by atoms with Crippen LogP contribution in [0.15, 0.2) is 73.1 Å². The first-order valence-corrected chi connectivity index (χ1v) is 7.11. The summed E-state index contributed by atoms with van der Waals surface area (Å²) in [6, 6.07) is 20.0. The van der Waals surface area contributed by atoms with Gasteiger partial charge in [0.1, 0.15) is 0 Å². The molecule has 0 aliphatic carbocycles. The van der Waals surface area contributed by atoms with Crippen LogP contribution in [-0.2, 0) is 0 Å². The molecule has 0 spiro atoms. The predicted molar refractivity (Wildman–Crippen MR) is 89.5 cm³/mol. The zero-order chi connectivity index (χ0) is 14.8. The zero-order valence-corrected chi connectivity index (χ0v) is 11.8. The molecule has 102 valence electrons. The van der Waals surface area contributed by atoms with Gasteiger partial charge < -0.3 is 0 Å². The van der Waals surface area contributed by atoms with E-state index in [1.54, 1.807) is 12.4 Å². The molecule has 0 atom stereocenters. The average molecular weight is 280 g/mol. The maximum Gasteiger partial charge on any atom is 0.0714 e. The Bertz CT molecular complexity index is 945. The minimum absolute atomic E-state index is 0.967. The summed E-state index contributed by atoms with van der Waals surface area (Å²) < 4.78 is 0. The molecule has 0 saturated carbocycles. The lowest BCUT2D eigenvalue weighted by Crippen LogP contribution is -1.85. The van der Waals surface area contributed by atoms with E-state index in [-0.39, 0.29) is 0 Å². The Balaban J connectivity index is 1.88. The van der Waals surface area contributed by atoms with E-state index in [1.165, 1.54) is 0 Å². The van der Waals surface area contributed by atoms with Crippen LogP contribution in [0.25, 0.3) is 21.8 Å². The van der Waals surface area contributed by atoms with E-state index in [1.807, 2.05) is 48.5 Å². The van der Waals surface area contributed by atoms with Gasteiger partial charge >= 0.3 is 0 Å². The average Bonchev–Trinajstić information content (AvgIpc) is 2.60. The molecular formula is C20H12N2. The van der Waals surface area contributed by atoms with Crippen LogP contribution >= 0.6 is 0 Å². The van der Waals surface area contributed by atoms with Crippen LogP contribution < -0.4 is 0 Å². The van der Waals surface area contributed by atoms with Gasteiger partial charge in [-0.15, -0.1) is 0 Å². The number of benzene rings is 2. The molecule has 0 saturated heterocycles. The largest absolute Gasteiger partial charge is 0.256 e. The van der Waals surface area contributed by atoms with Gasteiger partial charge in [-0.2, -0.15) is 0 Å². The molecule has 0 N–H and O–H groups in total. The lowest BCUT2D eigenvalue weighted by atomic mass is 10.1. The number of nitrogens with zero attached hydrogens (tertiary/aromatic N) is 2. The summed E-state index contributed by atoms with van der Waals surface area (Å²) in [6.45, 7) is 0. The van der Waals surface area contributed by atoms with Crippen molar-refractivity contribution in [3.63, 3.8) is 0 Å². The zero-order valence-electron chi connectivity index (χ0n) is 11.8. The lowest BCUT2D eigenvalue weighted by Gasteiger charge is -2.00. The molecule has 2 aromatic carbocycles. The Morgan fingerprint density at radius 1 is 0.545 bits per heavy atom. The fourth-order valence-electron chi connectivity index (χ4n) is 2.54. The molecule has 0 aliphatic rings. The first kappa shape index (κ1) is 12.6. The van der Waals surface area contributed by atoms with Crippen molar-refractivity contribution in [2.24, 2.45) is 0 Å². The minimum atomic E-state index is 0.967. The summed E-state index contributed by atoms with van der Waals surface area (Å²) in [6.07, 6.45) is 3.61. The Morgan fingerprint density at radius 2 is 1.00 bits per heavy atom. The Hall–Kier alpha value is -3.18. The molecule has 4 rings (SSSR count). The Morgan fingerprint density at radius 3 is 1.50 bits per heavy atom. The third-order valence-corrected chi connectivity index (χ3v) is 3.63. The van der Waals surface area contributed by atoms with Gasteiger partial charge in [-0.05, 0) is 24.3 Å². The van der Waals surface area contributed by atoms with E-state index >= 15 is 0 Å². The van der Waals surface area contributed by atoms with Crippen LogP contribution in [0, 0.1) is 11.8 Å². The molecule has 22 heavy (non-hydrogen) atoms. The maximum atomic E-state index is 4.37. The third-order valence-electron chi connectivity index (χ3n) is 3.63. The second kappa shape index (κ2) is 5.31. The number of aromatic nitrogens is 2. The van der Waals surface area contributed by atoms with E-state index in [2.05, 4.69) is 33.9 Å². The summed E-state index contributed by atoms with van der Waals surface area (Å²) in [5.74, 6) is 6.56. The maximum absolute atomic E-state index is 4.37. The fourth-order valence-corrected chi connectivity index (χ4v) is 2.54. The highest BCUT2D eigenvalue weighted by Crippen LogP contribution is 2.17. The van der Waals surface area contributed by atoms with E-state index < -0.39 is 0 Å². The highest BCUT2D eigenvalue weighted by molar-refractivity contribution is 5.87. The molecule has 2 aromatic heterocycles. The normalized spacial score (nSPS) is 10.4. The first-order chi connectivity index (χ1) is 10.9. The quantitative estimate of drug-likeness (QED) is 0.451. The van der Waals surface area contributed by atoms with Crippen LogP contribution in [0.2, 0.25) is 0 Å². The van der Waals surface area contributed by atoms with Crippen molar-refractivity contribution in [2.75, 3.05) is 0 Å². The summed E-state index contributed by atoms with van der Waals surface area (Å²) in [5.41, 5.74) is 3.92. The second-order valence-electron chi connectivity index (χ2n) is 5.00. The molecule has 2 nitrogen and oxygen atoms in total.